The van der Waals surface area contributed by atoms with Gasteiger partial charge in [0.1, 0.15) is 12.1 Å². The molecule has 3 aromatic heterocycles. The van der Waals surface area contributed by atoms with Crippen LogP contribution in [0.1, 0.15) is 10.5 Å². The summed E-state index contributed by atoms with van der Waals surface area (Å²) in [6, 6.07) is 17.9. The average molecular weight is 417 g/mol. The highest BCUT2D eigenvalue weighted by molar-refractivity contribution is 7.13. The van der Waals surface area contributed by atoms with Crippen molar-refractivity contribution in [3.05, 3.63) is 72.0 Å². The molecule has 7 nitrogen and oxygen atoms in total. The summed E-state index contributed by atoms with van der Waals surface area (Å²) in [5, 5.41) is 9.20. The van der Waals surface area contributed by atoms with E-state index in [4.69, 9.17) is 0 Å². The summed E-state index contributed by atoms with van der Waals surface area (Å²) in [7, 11) is 0. The van der Waals surface area contributed by atoms with Gasteiger partial charge in [-0.3, -0.25) is 9.89 Å². The van der Waals surface area contributed by atoms with Gasteiger partial charge in [-0.25, -0.2) is 9.97 Å². The minimum atomic E-state index is -0.0404. The van der Waals surface area contributed by atoms with Crippen LogP contribution in [0, 0.1) is 0 Å². The molecule has 1 aliphatic heterocycles. The zero-order valence-electron chi connectivity index (χ0n) is 16.2. The fraction of sp³-hybridized carbons (Fsp3) is 0.182. The van der Waals surface area contributed by atoms with Crippen LogP contribution in [0.4, 0.5) is 5.82 Å². The molecule has 4 heterocycles. The number of H-pyrrole nitrogens is 1. The molecule has 1 saturated heterocycles. The molecule has 1 N–H and O–H groups in total. The highest BCUT2D eigenvalue weighted by Gasteiger charge is 2.25. The normalized spacial score (nSPS) is 14.1. The quantitative estimate of drug-likeness (QED) is 0.550. The van der Waals surface area contributed by atoms with E-state index in [1.165, 1.54) is 0 Å². The van der Waals surface area contributed by atoms with E-state index in [9.17, 15) is 4.79 Å². The van der Waals surface area contributed by atoms with Crippen LogP contribution in [0.5, 0.6) is 0 Å². The summed E-state index contributed by atoms with van der Waals surface area (Å²) >= 11 is 1.62. The number of aromatic amines is 1. The van der Waals surface area contributed by atoms with E-state index in [-0.39, 0.29) is 5.91 Å². The van der Waals surface area contributed by atoms with Crippen LogP contribution in [0.25, 0.3) is 21.8 Å². The molecule has 0 atom stereocenters. The Morgan fingerprint density at radius 1 is 0.967 bits per heavy atom. The molecular formula is C22H20N6OS. The number of hydrogen-bond acceptors (Lipinski definition) is 6. The number of piperazine rings is 1. The molecule has 1 aliphatic rings. The predicted octanol–water partition coefficient (Wildman–Crippen LogP) is 3.56. The summed E-state index contributed by atoms with van der Waals surface area (Å²) in [4.78, 5) is 26.8. The minimum absolute atomic E-state index is 0.0404. The molecule has 8 heteroatoms. The number of aromatic nitrogens is 4. The summed E-state index contributed by atoms with van der Waals surface area (Å²) in [5.41, 5.74) is 3.30. The van der Waals surface area contributed by atoms with Crippen molar-refractivity contribution in [2.45, 2.75) is 0 Å². The van der Waals surface area contributed by atoms with Crippen molar-refractivity contribution < 1.29 is 4.79 Å². The number of anilines is 1. The van der Waals surface area contributed by atoms with Gasteiger partial charge in [0, 0.05) is 37.8 Å². The maximum atomic E-state index is 12.9. The zero-order chi connectivity index (χ0) is 20.3. The zero-order valence-corrected chi connectivity index (χ0v) is 17.0. The Hall–Kier alpha value is -3.52. The van der Waals surface area contributed by atoms with E-state index in [1.54, 1.807) is 17.7 Å². The van der Waals surface area contributed by atoms with E-state index in [0.29, 0.717) is 18.8 Å². The Balaban J connectivity index is 1.25. The van der Waals surface area contributed by atoms with Gasteiger partial charge in [0.2, 0.25) is 0 Å². The summed E-state index contributed by atoms with van der Waals surface area (Å²) in [6.45, 7) is 2.70. The van der Waals surface area contributed by atoms with Crippen LogP contribution in [-0.4, -0.2) is 57.2 Å². The Bertz CT molecular complexity index is 1130. The molecule has 0 aliphatic carbocycles. The molecule has 0 radical (unpaired) electrons. The number of thiophene rings is 1. The molecule has 0 spiro atoms. The standard InChI is InChI=1S/C22H20N6OS/c29-22(19-13-18(25-26-19)20-7-4-12-30-20)28-10-8-27(9-11-28)21-14-17(23-15-24-21)16-5-2-1-3-6-16/h1-7,12-15H,8-11H2,(H,25,26). The van der Waals surface area contributed by atoms with Crippen LogP contribution in [0.2, 0.25) is 0 Å². The molecule has 30 heavy (non-hydrogen) atoms. The number of carbonyl (C=O) groups excluding carboxylic acids is 1. The van der Waals surface area contributed by atoms with E-state index in [0.717, 1.165) is 40.7 Å². The number of nitrogens with zero attached hydrogens (tertiary/aromatic N) is 5. The van der Waals surface area contributed by atoms with Crippen LogP contribution >= 0.6 is 11.3 Å². The first-order chi connectivity index (χ1) is 14.8. The van der Waals surface area contributed by atoms with Crippen molar-refractivity contribution in [2.24, 2.45) is 0 Å². The maximum absolute atomic E-state index is 12.9. The molecule has 150 valence electrons. The molecule has 4 aromatic rings. The second kappa shape index (κ2) is 8.08. The van der Waals surface area contributed by atoms with Gasteiger partial charge in [-0.1, -0.05) is 36.4 Å². The third-order valence-corrected chi connectivity index (χ3v) is 6.10. The summed E-state index contributed by atoms with van der Waals surface area (Å²) < 4.78 is 0. The highest BCUT2D eigenvalue weighted by Crippen LogP contribution is 2.24. The Morgan fingerprint density at radius 2 is 1.80 bits per heavy atom. The van der Waals surface area contributed by atoms with Crippen molar-refractivity contribution in [1.82, 2.24) is 25.1 Å². The van der Waals surface area contributed by atoms with Crippen LogP contribution in [0.15, 0.2) is 66.3 Å². The fourth-order valence-electron chi connectivity index (χ4n) is 3.58. The monoisotopic (exact) mass is 416 g/mol. The van der Waals surface area contributed by atoms with Gasteiger partial charge in [-0.05, 0) is 17.5 Å². The Kier molecular flexibility index (Phi) is 4.98. The molecule has 0 unspecified atom stereocenters. The Morgan fingerprint density at radius 3 is 2.57 bits per heavy atom. The predicted molar refractivity (Wildman–Crippen MR) is 117 cm³/mol. The van der Waals surface area contributed by atoms with Gasteiger partial charge < -0.3 is 9.80 Å². The van der Waals surface area contributed by atoms with Gasteiger partial charge in [0.25, 0.3) is 5.91 Å². The molecular weight excluding hydrogens is 396 g/mol. The van der Waals surface area contributed by atoms with E-state index >= 15 is 0 Å². The van der Waals surface area contributed by atoms with Crippen LogP contribution < -0.4 is 4.90 Å². The second-order valence-corrected chi connectivity index (χ2v) is 8.00. The number of rotatable bonds is 4. The molecule has 1 fully saturated rings. The third kappa shape index (κ3) is 3.69. The molecule has 0 saturated carbocycles. The van der Waals surface area contributed by atoms with Gasteiger partial charge in [-0.15, -0.1) is 11.3 Å². The number of hydrogen-bond donors (Lipinski definition) is 1. The lowest BCUT2D eigenvalue weighted by molar-refractivity contribution is 0.0740. The fourth-order valence-corrected chi connectivity index (χ4v) is 4.27. The molecule has 1 amide bonds. The maximum Gasteiger partial charge on any atom is 0.274 e. The summed E-state index contributed by atoms with van der Waals surface area (Å²) in [6.07, 6.45) is 1.60. The number of nitrogens with one attached hydrogen (secondary N) is 1. The van der Waals surface area contributed by atoms with Gasteiger partial charge >= 0.3 is 0 Å². The first-order valence-corrected chi connectivity index (χ1v) is 10.7. The Labute approximate surface area is 178 Å². The first kappa shape index (κ1) is 18.5. The smallest absolute Gasteiger partial charge is 0.274 e. The number of amides is 1. The van der Waals surface area contributed by atoms with Gasteiger partial charge in [0.05, 0.1) is 16.3 Å². The molecule has 0 bridgehead atoms. The lowest BCUT2D eigenvalue weighted by atomic mass is 10.1. The van der Waals surface area contributed by atoms with Crippen LogP contribution in [0.3, 0.4) is 0 Å². The SMILES string of the molecule is O=C(c1cc(-c2cccs2)[nH]n1)N1CCN(c2cc(-c3ccccc3)ncn2)CC1. The van der Waals surface area contributed by atoms with E-state index in [1.807, 2.05) is 64.9 Å². The van der Waals surface area contributed by atoms with Crippen molar-refractivity contribution >= 4 is 23.1 Å². The second-order valence-electron chi connectivity index (χ2n) is 7.05. The topological polar surface area (TPSA) is 78.0 Å². The lowest BCUT2D eigenvalue weighted by Crippen LogP contribution is -2.49. The van der Waals surface area contributed by atoms with Crippen molar-refractivity contribution in [3.63, 3.8) is 0 Å². The first-order valence-electron chi connectivity index (χ1n) is 9.79. The average Bonchev–Trinajstić information content (AvgIpc) is 3.52. The van der Waals surface area contributed by atoms with E-state index in [2.05, 4.69) is 25.1 Å². The van der Waals surface area contributed by atoms with Crippen LogP contribution in [-0.2, 0) is 0 Å². The van der Waals surface area contributed by atoms with Crippen molar-refractivity contribution in [2.75, 3.05) is 31.1 Å². The minimum Gasteiger partial charge on any atom is -0.353 e. The molecule has 5 rings (SSSR count). The molecule has 1 aromatic carbocycles. The van der Waals surface area contributed by atoms with Gasteiger partial charge in [-0.2, -0.15) is 5.10 Å². The number of carbonyl (C=O) groups is 1. The van der Waals surface area contributed by atoms with Crippen molar-refractivity contribution in [1.29, 1.82) is 0 Å². The highest BCUT2D eigenvalue weighted by atomic mass is 32.1. The van der Waals surface area contributed by atoms with Crippen molar-refractivity contribution in [3.8, 4) is 21.8 Å². The largest absolute Gasteiger partial charge is 0.353 e. The summed E-state index contributed by atoms with van der Waals surface area (Å²) in [5.74, 6) is 0.845. The lowest BCUT2D eigenvalue weighted by Gasteiger charge is -2.35. The third-order valence-electron chi connectivity index (χ3n) is 5.20. The van der Waals surface area contributed by atoms with Gasteiger partial charge in [0.15, 0.2) is 5.69 Å². The number of benzene rings is 1. The van der Waals surface area contributed by atoms with E-state index < -0.39 is 0 Å².